The lowest BCUT2D eigenvalue weighted by molar-refractivity contribution is -0.137. The summed E-state index contributed by atoms with van der Waals surface area (Å²) in [7, 11) is 0. The van der Waals surface area contributed by atoms with E-state index < -0.39 is 11.7 Å². The minimum atomic E-state index is -4.41. The summed E-state index contributed by atoms with van der Waals surface area (Å²) < 4.78 is 43.8. The van der Waals surface area contributed by atoms with Crippen LogP contribution in [0.25, 0.3) is 0 Å². The van der Waals surface area contributed by atoms with Crippen LogP contribution in [0.1, 0.15) is 16.7 Å². The number of nitrogens with zero attached hydrogens (tertiary/aromatic N) is 2. The Morgan fingerprint density at radius 1 is 1.16 bits per heavy atom. The predicted molar refractivity (Wildman–Crippen MR) is 90.6 cm³/mol. The number of rotatable bonds is 5. The molecule has 0 atom stereocenters. The van der Waals surface area contributed by atoms with E-state index in [0.29, 0.717) is 21.9 Å². The van der Waals surface area contributed by atoms with Crippen LogP contribution in [0.15, 0.2) is 52.7 Å². The molecule has 2 aromatic carbocycles. The SMILES string of the molecule is NC(N)=NN=Cc1cc(Cl)ccc1OCc1cccc(C(F)(F)F)c1. The van der Waals surface area contributed by atoms with E-state index in [4.69, 9.17) is 27.8 Å². The second kappa shape index (κ2) is 7.89. The molecule has 5 nitrogen and oxygen atoms in total. The molecule has 0 aliphatic heterocycles. The highest BCUT2D eigenvalue weighted by Gasteiger charge is 2.30. The average molecular weight is 371 g/mol. The minimum Gasteiger partial charge on any atom is -0.488 e. The van der Waals surface area contributed by atoms with Crippen molar-refractivity contribution in [1.29, 1.82) is 0 Å². The van der Waals surface area contributed by atoms with Crippen molar-refractivity contribution in [3.63, 3.8) is 0 Å². The summed E-state index contributed by atoms with van der Waals surface area (Å²) >= 11 is 5.92. The van der Waals surface area contributed by atoms with E-state index in [1.165, 1.54) is 12.3 Å². The number of hydrogen-bond acceptors (Lipinski definition) is 3. The minimum absolute atomic E-state index is 0.0608. The second-order valence-electron chi connectivity index (χ2n) is 4.94. The molecule has 0 bridgehead atoms. The van der Waals surface area contributed by atoms with Gasteiger partial charge in [0, 0.05) is 10.6 Å². The summed E-state index contributed by atoms with van der Waals surface area (Å²) in [5, 5.41) is 7.56. The van der Waals surface area contributed by atoms with Gasteiger partial charge < -0.3 is 16.2 Å². The lowest BCUT2D eigenvalue weighted by Crippen LogP contribution is -2.21. The van der Waals surface area contributed by atoms with E-state index in [0.717, 1.165) is 12.1 Å². The summed E-state index contributed by atoms with van der Waals surface area (Å²) in [6.07, 6.45) is -3.08. The molecule has 0 aromatic heterocycles. The van der Waals surface area contributed by atoms with E-state index in [2.05, 4.69) is 10.2 Å². The fourth-order valence-electron chi connectivity index (χ4n) is 1.91. The molecule has 0 spiro atoms. The molecule has 4 N–H and O–H groups in total. The molecule has 0 fully saturated rings. The zero-order chi connectivity index (χ0) is 18.4. The van der Waals surface area contributed by atoms with Gasteiger partial charge in [-0.2, -0.15) is 18.3 Å². The van der Waals surface area contributed by atoms with E-state index in [1.54, 1.807) is 24.3 Å². The Morgan fingerprint density at radius 2 is 1.92 bits per heavy atom. The Labute approximate surface area is 146 Å². The molecule has 9 heteroatoms. The molecule has 2 rings (SSSR count). The number of halogens is 4. The van der Waals surface area contributed by atoms with Gasteiger partial charge in [0.2, 0.25) is 5.96 Å². The van der Waals surface area contributed by atoms with Gasteiger partial charge in [0.25, 0.3) is 0 Å². The van der Waals surface area contributed by atoms with E-state index >= 15 is 0 Å². The molecular formula is C16H14ClF3N4O. The first kappa shape index (κ1) is 18.6. The number of benzene rings is 2. The Morgan fingerprint density at radius 3 is 2.60 bits per heavy atom. The van der Waals surface area contributed by atoms with Crippen LogP contribution in [-0.2, 0) is 12.8 Å². The molecule has 25 heavy (non-hydrogen) atoms. The van der Waals surface area contributed by atoms with Gasteiger partial charge in [-0.05, 0) is 35.9 Å². The molecule has 2 aromatic rings. The maximum Gasteiger partial charge on any atom is 0.416 e. The van der Waals surface area contributed by atoms with E-state index in [9.17, 15) is 13.2 Å². The largest absolute Gasteiger partial charge is 0.488 e. The lowest BCUT2D eigenvalue weighted by Gasteiger charge is -2.11. The monoisotopic (exact) mass is 370 g/mol. The van der Waals surface area contributed by atoms with Gasteiger partial charge in [0.05, 0.1) is 11.8 Å². The fourth-order valence-corrected chi connectivity index (χ4v) is 2.09. The van der Waals surface area contributed by atoms with Gasteiger partial charge in [-0.25, -0.2) is 0 Å². The maximum atomic E-state index is 12.7. The molecule has 0 saturated carbocycles. The Balaban J connectivity index is 2.18. The molecule has 0 radical (unpaired) electrons. The molecule has 0 unspecified atom stereocenters. The maximum absolute atomic E-state index is 12.7. The van der Waals surface area contributed by atoms with Crippen LogP contribution >= 0.6 is 11.6 Å². The van der Waals surface area contributed by atoms with Gasteiger partial charge in [-0.15, -0.1) is 5.10 Å². The standard InChI is InChI=1S/C16H14ClF3N4O/c17-13-4-5-14(11(7-13)8-23-24-15(21)22)25-9-10-2-1-3-12(6-10)16(18,19)20/h1-8H,9H2,(H4,21,22,24). The average Bonchev–Trinajstić information content (AvgIpc) is 2.53. The molecular weight excluding hydrogens is 357 g/mol. The smallest absolute Gasteiger partial charge is 0.416 e. The summed E-state index contributed by atoms with van der Waals surface area (Å²) in [5.74, 6) is 0.154. The molecule has 0 saturated heterocycles. The van der Waals surface area contributed by atoms with Gasteiger partial charge in [-0.1, -0.05) is 23.7 Å². The van der Waals surface area contributed by atoms with Crippen LogP contribution in [0.3, 0.4) is 0 Å². The van der Waals surface area contributed by atoms with Crippen molar-refractivity contribution in [3.05, 3.63) is 64.2 Å². The third-order valence-corrected chi connectivity index (χ3v) is 3.23. The summed E-state index contributed by atoms with van der Waals surface area (Å²) in [4.78, 5) is 0. The normalized spacial score (nSPS) is 11.5. The summed E-state index contributed by atoms with van der Waals surface area (Å²) in [5.41, 5.74) is 10.5. The summed E-state index contributed by atoms with van der Waals surface area (Å²) in [6.45, 7) is -0.0608. The van der Waals surface area contributed by atoms with E-state index in [1.807, 2.05) is 0 Å². The first-order chi connectivity index (χ1) is 11.8. The van der Waals surface area contributed by atoms with Crippen LogP contribution in [0, 0.1) is 0 Å². The van der Waals surface area contributed by atoms with Crippen molar-refractivity contribution in [3.8, 4) is 5.75 Å². The number of guanidine groups is 1. The molecule has 0 aliphatic carbocycles. The molecule has 0 heterocycles. The van der Waals surface area contributed by atoms with Crippen molar-refractivity contribution < 1.29 is 17.9 Å². The highest BCUT2D eigenvalue weighted by molar-refractivity contribution is 6.30. The van der Waals surface area contributed by atoms with Gasteiger partial charge in [-0.3, -0.25) is 0 Å². The van der Waals surface area contributed by atoms with Crippen molar-refractivity contribution in [2.45, 2.75) is 12.8 Å². The van der Waals surface area contributed by atoms with Gasteiger partial charge in [0.1, 0.15) is 12.4 Å². The lowest BCUT2D eigenvalue weighted by atomic mass is 10.1. The van der Waals surface area contributed by atoms with Gasteiger partial charge in [0.15, 0.2) is 0 Å². The Hall–Kier alpha value is -2.74. The number of ether oxygens (including phenoxy) is 1. The van der Waals surface area contributed by atoms with Crippen molar-refractivity contribution >= 4 is 23.8 Å². The third-order valence-electron chi connectivity index (χ3n) is 2.99. The zero-order valence-corrected chi connectivity index (χ0v) is 13.6. The van der Waals surface area contributed by atoms with Crippen LogP contribution < -0.4 is 16.2 Å². The second-order valence-corrected chi connectivity index (χ2v) is 5.37. The Kier molecular flexibility index (Phi) is 5.87. The first-order valence-corrected chi connectivity index (χ1v) is 7.34. The third kappa shape index (κ3) is 5.68. The van der Waals surface area contributed by atoms with Crippen molar-refractivity contribution in [2.24, 2.45) is 21.7 Å². The highest BCUT2D eigenvalue weighted by atomic mass is 35.5. The molecule has 132 valence electrons. The quantitative estimate of drug-likeness (QED) is 0.479. The highest BCUT2D eigenvalue weighted by Crippen LogP contribution is 2.30. The van der Waals surface area contributed by atoms with Gasteiger partial charge >= 0.3 is 6.18 Å². The van der Waals surface area contributed by atoms with Crippen LogP contribution in [0.4, 0.5) is 13.2 Å². The molecule has 0 aliphatic rings. The first-order valence-electron chi connectivity index (χ1n) is 6.96. The predicted octanol–water partition coefficient (Wildman–Crippen LogP) is 3.55. The van der Waals surface area contributed by atoms with Crippen LogP contribution in [0.5, 0.6) is 5.75 Å². The number of alkyl halides is 3. The topological polar surface area (TPSA) is 86.0 Å². The number of nitrogens with two attached hydrogens (primary N) is 2. The van der Waals surface area contributed by atoms with Crippen LogP contribution in [0.2, 0.25) is 5.02 Å². The van der Waals surface area contributed by atoms with E-state index in [-0.39, 0.29) is 12.6 Å². The summed E-state index contributed by atoms with van der Waals surface area (Å²) in [6, 6.07) is 9.62. The van der Waals surface area contributed by atoms with Crippen molar-refractivity contribution in [2.75, 3.05) is 0 Å². The van der Waals surface area contributed by atoms with Crippen molar-refractivity contribution in [1.82, 2.24) is 0 Å². The fraction of sp³-hybridized carbons (Fsp3) is 0.125. The Bertz CT molecular complexity index is 802. The number of hydrogen-bond donors (Lipinski definition) is 2. The molecule has 0 amide bonds. The van der Waals surface area contributed by atoms with Crippen LogP contribution in [-0.4, -0.2) is 12.2 Å². The zero-order valence-electron chi connectivity index (χ0n) is 12.8.